The minimum Gasteiger partial charge on any atom is -0.487 e. The number of halogens is 2. The molecule has 18 heavy (non-hydrogen) atoms. The number of anilines is 1. The van der Waals surface area contributed by atoms with Crippen molar-refractivity contribution in [3.05, 3.63) is 33.9 Å². The summed E-state index contributed by atoms with van der Waals surface area (Å²) in [5.41, 5.74) is 0.785. The van der Waals surface area contributed by atoms with Crippen LogP contribution in [0.5, 0.6) is 5.75 Å². The Morgan fingerprint density at radius 1 is 1.33 bits per heavy atom. The van der Waals surface area contributed by atoms with E-state index in [0.717, 1.165) is 17.2 Å². The van der Waals surface area contributed by atoms with E-state index < -0.39 is 0 Å². The Kier molecular flexibility index (Phi) is 4.63. The molecule has 1 aromatic heterocycles. The number of nitrogens with zero attached hydrogens (tertiary/aromatic N) is 2. The third-order valence-electron chi connectivity index (χ3n) is 2.16. The van der Waals surface area contributed by atoms with Gasteiger partial charge in [-0.25, -0.2) is 0 Å². The number of hydrogen-bond acceptors (Lipinski definition) is 5. The van der Waals surface area contributed by atoms with E-state index in [1.807, 2.05) is 6.92 Å². The number of hydrogen-bond donors (Lipinski definition) is 1. The van der Waals surface area contributed by atoms with Gasteiger partial charge in [-0.05, 0) is 19.1 Å². The lowest BCUT2D eigenvalue weighted by Crippen LogP contribution is -2.02. The summed E-state index contributed by atoms with van der Waals surface area (Å²) in [6, 6.07) is 5.14. The molecule has 7 heteroatoms. The summed E-state index contributed by atoms with van der Waals surface area (Å²) < 4.78 is 9.48. The molecular weight excluding hydrogens is 293 g/mol. The van der Waals surface area contributed by atoms with Gasteiger partial charge in [0.1, 0.15) is 23.1 Å². The van der Waals surface area contributed by atoms with Crippen molar-refractivity contribution >= 4 is 39.7 Å². The van der Waals surface area contributed by atoms with E-state index in [2.05, 4.69) is 14.9 Å². The van der Waals surface area contributed by atoms with Crippen LogP contribution in [0.25, 0.3) is 0 Å². The minimum atomic E-state index is 0.344. The predicted molar refractivity (Wildman–Crippen MR) is 74.9 cm³/mol. The lowest BCUT2D eigenvalue weighted by atomic mass is 10.3. The van der Waals surface area contributed by atoms with Crippen molar-refractivity contribution in [2.24, 2.45) is 0 Å². The Bertz CT molecular complexity index is 533. The zero-order valence-corrected chi connectivity index (χ0v) is 11.9. The van der Waals surface area contributed by atoms with Crippen molar-refractivity contribution in [3.8, 4) is 5.75 Å². The van der Waals surface area contributed by atoms with E-state index in [9.17, 15) is 0 Å². The van der Waals surface area contributed by atoms with Gasteiger partial charge in [0.2, 0.25) is 0 Å². The Labute approximate surface area is 119 Å². The van der Waals surface area contributed by atoms with Crippen molar-refractivity contribution in [3.63, 3.8) is 0 Å². The molecule has 0 unspecified atom stereocenters. The summed E-state index contributed by atoms with van der Waals surface area (Å²) in [4.78, 5) is 0. The molecule has 0 bridgehead atoms. The van der Waals surface area contributed by atoms with Crippen LogP contribution in [-0.4, -0.2) is 16.1 Å². The Hall–Kier alpha value is -1.04. The number of aromatic nitrogens is 2. The van der Waals surface area contributed by atoms with E-state index in [4.69, 9.17) is 27.9 Å². The molecule has 4 nitrogen and oxygen atoms in total. The SMILES string of the molecule is CCNc1snnc1COc1ccc(Cl)c(Cl)c1. The van der Waals surface area contributed by atoms with Crippen LogP contribution < -0.4 is 10.1 Å². The van der Waals surface area contributed by atoms with E-state index in [1.165, 1.54) is 11.5 Å². The number of rotatable bonds is 5. The third-order valence-corrected chi connectivity index (χ3v) is 3.62. The van der Waals surface area contributed by atoms with Crippen LogP contribution in [0.4, 0.5) is 5.00 Å². The van der Waals surface area contributed by atoms with Crippen molar-refractivity contribution in [1.82, 2.24) is 9.59 Å². The van der Waals surface area contributed by atoms with E-state index >= 15 is 0 Å². The van der Waals surface area contributed by atoms with Crippen LogP contribution >= 0.6 is 34.7 Å². The third kappa shape index (κ3) is 3.25. The Morgan fingerprint density at radius 3 is 2.89 bits per heavy atom. The molecule has 0 radical (unpaired) electrons. The fourth-order valence-electron chi connectivity index (χ4n) is 1.32. The first kappa shape index (κ1) is 13.4. The van der Waals surface area contributed by atoms with Crippen molar-refractivity contribution in [2.45, 2.75) is 13.5 Å². The first-order valence-corrected chi connectivity index (χ1v) is 6.86. The number of ether oxygens (including phenoxy) is 1. The van der Waals surface area contributed by atoms with Gasteiger partial charge in [-0.3, -0.25) is 0 Å². The highest BCUT2D eigenvalue weighted by Crippen LogP contribution is 2.27. The summed E-state index contributed by atoms with van der Waals surface area (Å²) >= 11 is 13.0. The summed E-state index contributed by atoms with van der Waals surface area (Å²) in [5, 5.41) is 9.10. The highest BCUT2D eigenvalue weighted by atomic mass is 35.5. The second-order valence-corrected chi connectivity index (χ2v) is 5.01. The molecule has 0 fully saturated rings. The van der Waals surface area contributed by atoms with Crippen molar-refractivity contribution in [1.29, 1.82) is 0 Å². The normalized spacial score (nSPS) is 10.4. The van der Waals surface area contributed by atoms with Gasteiger partial charge in [0.25, 0.3) is 0 Å². The van der Waals surface area contributed by atoms with Crippen molar-refractivity contribution < 1.29 is 4.74 Å². The average molecular weight is 304 g/mol. The van der Waals surface area contributed by atoms with Crippen LogP contribution in [0, 0.1) is 0 Å². The smallest absolute Gasteiger partial charge is 0.136 e. The summed E-state index contributed by atoms with van der Waals surface area (Å²) in [6.07, 6.45) is 0. The molecule has 1 aromatic carbocycles. The molecule has 0 saturated heterocycles. The van der Waals surface area contributed by atoms with Gasteiger partial charge in [0.15, 0.2) is 0 Å². The predicted octanol–water partition coefficient (Wildman–Crippen LogP) is 3.86. The fourth-order valence-corrected chi connectivity index (χ4v) is 2.24. The van der Waals surface area contributed by atoms with Gasteiger partial charge in [0, 0.05) is 24.1 Å². The van der Waals surface area contributed by atoms with Crippen LogP contribution in [-0.2, 0) is 6.61 Å². The second-order valence-electron chi connectivity index (χ2n) is 3.44. The van der Waals surface area contributed by atoms with Crippen molar-refractivity contribution in [2.75, 3.05) is 11.9 Å². The van der Waals surface area contributed by atoms with Gasteiger partial charge in [-0.2, -0.15) is 0 Å². The van der Waals surface area contributed by atoms with E-state index in [-0.39, 0.29) is 0 Å². The zero-order chi connectivity index (χ0) is 13.0. The largest absolute Gasteiger partial charge is 0.487 e. The standard InChI is InChI=1S/C11H11Cl2N3OS/c1-2-14-11-10(15-16-18-11)6-17-7-3-4-8(12)9(13)5-7/h3-5,14H,2,6H2,1H3. The minimum absolute atomic E-state index is 0.344. The molecule has 0 aliphatic rings. The Balaban J connectivity index is 2.02. The lowest BCUT2D eigenvalue weighted by molar-refractivity contribution is 0.302. The first-order valence-electron chi connectivity index (χ1n) is 5.33. The lowest BCUT2D eigenvalue weighted by Gasteiger charge is -2.06. The maximum atomic E-state index is 5.91. The van der Waals surface area contributed by atoms with Gasteiger partial charge < -0.3 is 10.1 Å². The first-order chi connectivity index (χ1) is 8.70. The van der Waals surface area contributed by atoms with Gasteiger partial charge in [-0.15, -0.1) is 5.10 Å². The summed E-state index contributed by atoms with van der Waals surface area (Å²) in [6.45, 7) is 3.18. The van der Waals surface area contributed by atoms with Gasteiger partial charge in [-0.1, -0.05) is 27.7 Å². The molecular formula is C11H11Cl2N3OS. The van der Waals surface area contributed by atoms with E-state index in [0.29, 0.717) is 22.4 Å². The molecule has 1 heterocycles. The number of benzene rings is 1. The average Bonchev–Trinajstić information content (AvgIpc) is 2.79. The topological polar surface area (TPSA) is 47.0 Å². The van der Waals surface area contributed by atoms with Crippen LogP contribution in [0.15, 0.2) is 18.2 Å². The molecule has 2 rings (SSSR count). The maximum Gasteiger partial charge on any atom is 0.136 e. The molecule has 0 spiro atoms. The summed E-state index contributed by atoms with van der Waals surface area (Å²) in [7, 11) is 0. The Morgan fingerprint density at radius 2 is 2.17 bits per heavy atom. The van der Waals surface area contributed by atoms with Gasteiger partial charge in [0.05, 0.1) is 10.0 Å². The molecule has 0 atom stereocenters. The van der Waals surface area contributed by atoms with E-state index in [1.54, 1.807) is 18.2 Å². The molecule has 0 saturated carbocycles. The van der Waals surface area contributed by atoms with Crippen LogP contribution in [0.2, 0.25) is 10.0 Å². The molecule has 0 amide bonds. The number of nitrogens with one attached hydrogen (secondary N) is 1. The maximum absolute atomic E-state index is 5.91. The highest BCUT2D eigenvalue weighted by Gasteiger charge is 2.08. The second kappa shape index (κ2) is 6.22. The highest BCUT2D eigenvalue weighted by molar-refractivity contribution is 7.10. The fraction of sp³-hybridized carbons (Fsp3) is 0.273. The molecule has 0 aliphatic carbocycles. The monoisotopic (exact) mass is 303 g/mol. The van der Waals surface area contributed by atoms with Gasteiger partial charge >= 0.3 is 0 Å². The molecule has 1 N–H and O–H groups in total. The summed E-state index contributed by atoms with van der Waals surface area (Å²) in [5.74, 6) is 0.653. The quantitative estimate of drug-likeness (QED) is 0.911. The van der Waals surface area contributed by atoms with Crippen LogP contribution in [0.3, 0.4) is 0 Å². The molecule has 96 valence electrons. The zero-order valence-electron chi connectivity index (χ0n) is 9.61. The molecule has 2 aromatic rings. The molecule has 0 aliphatic heterocycles. The van der Waals surface area contributed by atoms with Crippen LogP contribution in [0.1, 0.15) is 12.6 Å².